The average Bonchev–Trinajstić information content (AvgIpc) is 3.21. The van der Waals surface area contributed by atoms with Crippen molar-refractivity contribution in [1.29, 1.82) is 0 Å². The molecule has 3 aromatic rings. The summed E-state index contributed by atoms with van der Waals surface area (Å²) in [6, 6.07) is 19.4. The summed E-state index contributed by atoms with van der Waals surface area (Å²) in [5.74, 6) is 1.11. The molecule has 0 unspecified atom stereocenters. The lowest BCUT2D eigenvalue weighted by atomic mass is 10.1. The maximum atomic E-state index is 12.2. The van der Waals surface area contributed by atoms with Crippen molar-refractivity contribution in [3.05, 3.63) is 81.1 Å². The predicted molar refractivity (Wildman–Crippen MR) is 133 cm³/mol. The molecule has 0 saturated heterocycles. The summed E-state index contributed by atoms with van der Waals surface area (Å²) in [6.45, 7) is 4.49. The minimum atomic E-state index is -0.321. The molecule has 3 rings (SSSR count). The molecule has 0 radical (unpaired) electrons. The van der Waals surface area contributed by atoms with Crippen LogP contribution in [0.2, 0.25) is 0 Å². The third-order valence-electron chi connectivity index (χ3n) is 4.60. The van der Waals surface area contributed by atoms with Gasteiger partial charge in [-0.2, -0.15) is 0 Å². The van der Waals surface area contributed by atoms with E-state index in [1.807, 2.05) is 60.7 Å². The number of unbranched alkanes of at least 4 members (excludes halogenated alkanes) is 4. The highest BCUT2D eigenvalue weighted by Crippen LogP contribution is 2.26. The van der Waals surface area contributed by atoms with E-state index in [0.29, 0.717) is 10.6 Å². The molecule has 0 N–H and O–H groups in total. The van der Waals surface area contributed by atoms with E-state index in [0.717, 1.165) is 39.2 Å². The fraction of sp³-hybridized carbons (Fsp3) is 0.240. The van der Waals surface area contributed by atoms with E-state index >= 15 is 0 Å². The van der Waals surface area contributed by atoms with E-state index in [1.165, 1.54) is 30.6 Å². The molecule has 1 heterocycles. The Kier molecular flexibility index (Phi) is 8.96. The van der Waals surface area contributed by atoms with Gasteiger partial charge in [-0.3, -0.25) is 0 Å². The highest BCUT2D eigenvalue weighted by molar-refractivity contribution is 14.1. The van der Waals surface area contributed by atoms with Crippen LogP contribution >= 0.6 is 33.9 Å². The Balaban J connectivity index is 1.47. The van der Waals surface area contributed by atoms with Gasteiger partial charge in [0.2, 0.25) is 0 Å². The van der Waals surface area contributed by atoms with Crippen molar-refractivity contribution in [2.45, 2.75) is 32.1 Å². The molecular weight excluding hydrogens is 507 g/mol. The van der Waals surface area contributed by atoms with Gasteiger partial charge in [-0.1, -0.05) is 43.2 Å². The topological polar surface area (TPSA) is 35.5 Å². The Labute approximate surface area is 195 Å². The fourth-order valence-corrected chi connectivity index (χ4v) is 4.47. The number of allylic oxidation sites excluding steroid dienone is 1. The van der Waals surface area contributed by atoms with Crippen molar-refractivity contribution < 1.29 is 14.3 Å². The van der Waals surface area contributed by atoms with E-state index in [2.05, 4.69) is 29.2 Å². The number of benzene rings is 2. The summed E-state index contributed by atoms with van der Waals surface area (Å²) >= 11 is 3.62. The van der Waals surface area contributed by atoms with Crippen LogP contribution in [0, 0.1) is 2.88 Å². The molecule has 0 amide bonds. The molecule has 156 valence electrons. The molecular formula is C25H25IO3S. The highest BCUT2D eigenvalue weighted by atomic mass is 127. The van der Waals surface area contributed by atoms with E-state index in [1.54, 1.807) is 6.07 Å². The zero-order valence-electron chi connectivity index (χ0n) is 16.8. The molecule has 0 spiro atoms. The lowest BCUT2D eigenvalue weighted by Gasteiger charge is -2.08. The number of ether oxygens (including phenoxy) is 2. The first-order chi connectivity index (χ1) is 14.7. The first-order valence-electron chi connectivity index (χ1n) is 10.1. The van der Waals surface area contributed by atoms with Crippen molar-refractivity contribution in [3.8, 4) is 22.6 Å². The van der Waals surface area contributed by atoms with Gasteiger partial charge in [0.15, 0.2) is 0 Å². The maximum Gasteiger partial charge on any atom is 0.353 e. The highest BCUT2D eigenvalue weighted by Gasteiger charge is 2.11. The molecule has 5 heteroatoms. The number of thiophene rings is 1. The first-order valence-corrected chi connectivity index (χ1v) is 12.0. The molecule has 0 saturated carbocycles. The zero-order chi connectivity index (χ0) is 21.2. The smallest absolute Gasteiger partial charge is 0.353 e. The van der Waals surface area contributed by atoms with Crippen LogP contribution in [-0.2, 0) is 0 Å². The number of carbonyl (C=O) groups is 1. The van der Waals surface area contributed by atoms with Crippen molar-refractivity contribution in [2.24, 2.45) is 0 Å². The molecule has 3 nitrogen and oxygen atoms in total. The Hall–Kier alpha value is -2.12. The monoisotopic (exact) mass is 532 g/mol. The van der Waals surface area contributed by atoms with Crippen LogP contribution in [-0.4, -0.2) is 12.6 Å². The van der Waals surface area contributed by atoms with Crippen LogP contribution in [0.3, 0.4) is 0 Å². The van der Waals surface area contributed by atoms with E-state index in [-0.39, 0.29) is 5.97 Å². The van der Waals surface area contributed by atoms with E-state index < -0.39 is 0 Å². The van der Waals surface area contributed by atoms with Crippen LogP contribution in [0.5, 0.6) is 11.5 Å². The Morgan fingerprint density at radius 3 is 2.10 bits per heavy atom. The Bertz CT molecular complexity index is 945. The molecule has 0 bridgehead atoms. The summed E-state index contributed by atoms with van der Waals surface area (Å²) in [4.78, 5) is 12.8. The number of halogens is 1. The lowest BCUT2D eigenvalue weighted by Crippen LogP contribution is -2.06. The second-order valence-electron chi connectivity index (χ2n) is 6.88. The van der Waals surface area contributed by atoms with Crippen molar-refractivity contribution >= 4 is 39.9 Å². The third kappa shape index (κ3) is 6.99. The summed E-state index contributed by atoms with van der Waals surface area (Å²) in [7, 11) is 0. The van der Waals surface area contributed by atoms with E-state index in [4.69, 9.17) is 9.47 Å². The van der Waals surface area contributed by atoms with Crippen LogP contribution in [0.15, 0.2) is 73.3 Å². The average molecular weight is 532 g/mol. The van der Waals surface area contributed by atoms with Gasteiger partial charge in [-0.05, 0) is 89.4 Å². The van der Waals surface area contributed by atoms with Crippen LogP contribution in [0.1, 0.15) is 41.8 Å². The number of hydrogen-bond donors (Lipinski definition) is 0. The van der Waals surface area contributed by atoms with Crippen LogP contribution in [0.4, 0.5) is 0 Å². The minimum absolute atomic E-state index is 0.321. The molecule has 0 aliphatic rings. The largest absolute Gasteiger partial charge is 0.494 e. The number of rotatable bonds is 11. The Morgan fingerprint density at radius 1 is 0.867 bits per heavy atom. The first kappa shape index (κ1) is 22.6. The van der Waals surface area contributed by atoms with Gasteiger partial charge in [0, 0.05) is 0 Å². The minimum Gasteiger partial charge on any atom is -0.494 e. The van der Waals surface area contributed by atoms with Gasteiger partial charge in [0.25, 0.3) is 0 Å². The number of esters is 1. The maximum absolute atomic E-state index is 12.2. The molecule has 30 heavy (non-hydrogen) atoms. The van der Waals surface area contributed by atoms with E-state index in [9.17, 15) is 4.79 Å². The second kappa shape index (κ2) is 11.9. The summed E-state index contributed by atoms with van der Waals surface area (Å²) in [5.41, 5.74) is 2.16. The molecule has 0 atom stereocenters. The molecule has 1 aromatic heterocycles. The standard InChI is InChI=1S/C25H25IO3S/c1-2-3-4-5-6-7-18-28-21-12-8-19(9-13-21)20-10-14-22(15-11-20)29-25(27)23-16-17-24(26)30-23/h2,8-17H,1,3-7,18H2. The van der Waals surface area contributed by atoms with Gasteiger partial charge < -0.3 is 9.47 Å². The lowest BCUT2D eigenvalue weighted by molar-refractivity contribution is 0.0740. The molecule has 0 fully saturated rings. The molecule has 0 aliphatic heterocycles. The van der Waals surface area contributed by atoms with Gasteiger partial charge in [0.1, 0.15) is 16.4 Å². The number of hydrogen-bond acceptors (Lipinski definition) is 4. The number of carbonyl (C=O) groups excluding carboxylic acids is 1. The normalized spacial score (nSPS) is 10.6. The van der Waals surface area contributed by atoms with Crippen molar-refractivity contribution in [2.75, 3.05) is 6.61 Å². The van der Waals surface area contributed by atoms with Crippen LogP contribution < -0.4 is 9.47 Å². The van der Waals surface area contributed by atoms with Gasteiger partial charge in [-0.25, -0.2) is 4.79 Å². The van der Waals surface area contributed by atoms with Crippen LogP contribution in [0.25, 0.3) is 11.1 Å². The summed E-state index contributed by atoms with van der Waals surface area (Å²) in [6.07, 6.45) is 7.78. The van der Waals surface area contributed by atoms with Crippen molar-refractivity contribution in [3.63, 3.8) is 0 Å². The van der Waals surface area contributed by atoms with Gasteiger partial charge in [0.05, 0.1) is 9.49 Å². The van der Waals surface area contributed by atoms with Gasteiger partial charge >= 0.3 is 5.97 Å². The quantitative estimate of drug-likeness (QED) is 0.0833. The summed E-state index contributed by atoms with van der Waals surface area (Å²) < 4.78 is 12.3. The van der Waals surface area contributed by atoms with Crippen molar-refractivity contribution in [1.82, 2.24) is 0 Å². The second-order valence-corrected chi connectivity index (χ2v) is 9.86. The molecule has 0 aliphatic carbocycles. The summed E-state index contributed by atoms with van der Waals surface area (Å²) in [5, 5.41) is 0. The van der Waals surface area contributed by atoms with Gasteiger partial charge in [-0.15, -0.1) is 17.9 Å². The SMILES string of the molecule is C=CCCCCCCOc1ccc(-c2ccc(OC(=O)c3ccc(I)s3)cc2)cc1. The fourth-order valence-electron chi connectivity index (χ4n) is 2.97. The zero-order valence-corrected chi connectivity index (χ0v) is 19.8. The third-order valence-corrected chi connectivity index (χ3v) is 6.47. The molecule has 2 aromatic carbocycles. The predicted octanol–water partition coefficient (Wildman–Crippen LogP) is 7.75. The Morgan fingerprint density at radius 2 is 1.50 bits per heavy atom.